The lowest BCUT2D eigenvalue weighted by Crippen LogP contribution is -2.26. The van der Waals surface area contributed by atoms with Crippen molar-refractivity contribution in [2.24, 2.45) is 0 Å². The minimum Gasteiger partial charge on any atom is -0.390 e. The zero-order valence-corrected chi connectivity index (χ0v) is 17.7. The van der Waals surface area contributed by atoms with Crippen LogP contribution in [0.25, 0.3) is 11.2 Å². The molecule has 1 saturated heterocycles. The van der Waals surface area contributed by atoms with Gasteiger partial charge in [0.05, 0.1) is 25.6 Å². The van der Waals surface area contributed by atoms with Crippen molar-refractivity contribution < 1.29 is 19.4 Å². The molecule has 0 unspecified atom stereocenters. The number of nitrogens with one attached hydrogen (secondary N) is 1. The largest absolute Gasteiger partial charge is 0.390 e. The van der Waals surface area contributed by atoms with Crippen LogP contribution in [0.3, 0.4) is 0 Å². The second-order valence-electron chi connectivity index (χ2n) is 7.80. The van der Waals surface area contributed by atoms with Gasteiger partial charge in [-0.1, -0.05) is 48.5 Å². The van der Waals surface area contributed by atoms with Crippen LogP contribution in [0.4, 0.5) is 5.82 Å². The quantitative estimate of drug-likeness (QED) is 0.450. The van der Waals surface area contributed by atoms with E-state index in [4.69, 9.17) is 9.47 Å². The molecule has 2 aromatic heterocycles. The molecule has 1 aliphatic rings. The lowest BCUT2D eigenvalue weighted by atomic mass is 10.2. The van der Waals surface area contributed by atoms with Crippen molar-refractivity contribution in [2.75, 3.05) is 11.9 Å². The number of aromatic nitrogens is 4. The molecular weight excluding hydrogens is 422 g/mol. The fourth-order valence-corrected chi connectivity index (χ4v) is 3.83. The molecule has 4 aromatic rings. The fraction of sp³-hybridized carbons (Fsp3) is 0.250. The second-order valence-corrected chi connectivity index (χ2v) is 7.80. The zero-order valence-electron chi connectivity index (χ0n) is 17.7. The van der Waals surface area contributed by atoms with Gasteiger partial charge in [-0.05, 0) is 17.7 Å². The van der Waals surface area contributed by atoms with Crippen molar-refractivity contribution in [1.29, 1.82) is 0 Å². The number of aliphatic hydroxyl groups excluding tert-OH is 1. The molecular formula is C24H23N5O4. The van der Waals surface area contributed by atoms with Crippen LogP contribution < -0.4 is 5.32 Å². The number of hydrogen-bond acceptors (Lipinski definition) is 7. The SMILES string of the molecule is O=C(Nc1ncnc2c1ncn2[C@H]1C[C@H](O)[C@@H](COCc2ccccc2)O1)c1ccccc1. The number of hydrogen-bond donors (Lipinski definition) is 2. The lowest BCUT2D eigenvalue weighted by molar-refractivity contribution is -0.0646. The van der Waals surface area contributed by atoms with Gasteiger partial charge in [-0.2, -0.15) is 0 Å². The molecule has 3 heterocycles. The van der Waals surface area contributed by atoms with Gasteiger partial charge in [0.1, 0.15) is 18.7 Å². The predicted molar refractivity (Wildman–Crippen MR) is 120 cm³/mol. The third kappa shape index (κ3) is 4.61. The van der Waals surface area contributed by atoms with E-state index in [0.717, 1.165) is 5.56 Å². The van der Waals surface area contributed by atoms with Gasteiger partial charge in [-0.15, -0.1) is 0 Å². The molecule has 2 aromatic carbocycles. The van der Waals surface area contributed by atoms with E-state index in [1.165, 1.54) is 6.33 Å². The van der Waals surface area contributed by atoms with Gasteiger partial charge in [0.2, 0.25) is 0 Å². The first-order valence-electron chi connectivity index (χ1n) is 10.7. The Morgan fingerprint density at radius 1 is 1.09 bits per heavy atom. The molecule has 168 valence electrons. The van der Waals surface area contributed by atoms with Crippen LogP contribution >= 0.6 is 0 Å². The van der Waals surface area contributed by atoms with Crippen LogP contribution in [0.5, 0.6) is 0 Å². The Labute approximate surface area is 190 Å². The Morgan fingerprint density at radius 3 is 2.64 bits per heavy atom. The first-order valence-corrected chi connectivity index (χ1v) is 10.7. The second kappa shape index (κ2) is 9.45. The average molecular weight is 445 g/mol. The summed E-state index contributed by atoms with van der Waals surface area (Å²) in [6.07, 6.45) is 1.73. The Morgan fingerprint density at radius 2 is 1.85 bits per heavy atom. The number of rotatable bonds is 7. The molecule has 0 bridgehead atoms. The molecule has 1 fully saturated rings. The predicted octanol–water partition coefficient (Wildman–Crippen LogP) is 2.94. The van der Waals surface area contributed by atoms with E-state index >= 15 is 0 Å². The normalized spacial score (nSPS) is 20.2. The lowest BCUT2D eigenvalue weighted by Gasteiger charge is -2.16. The first kappa shape index (κ1) is 21.2. The number of carbonyl (C=O) groups is 1. The summed E-state index contributed by atoms with van der Waals surface area (Å²) in [5.41, 5.74) is 2.54. The molecule has 1 aliphatic heterocycles. The van der Waals surface area contributed by atoms with E-state index < -0.39 is 18.4 Å². The smallest absolute Gasteiger partial charge is 0.256 e. The number of carbonyl (C=O) groups excluding carboxylic acids is 1. The van der Waals surface area contributed by atoms with E-state index in [1.807, 2.05) is 36.4 Å². The van der Waals surface area contributed by atoms with Gasteiger partial charge in [-0.3, -0.25) is 9.36 Å². The van der Waals surface area contributed by atoms with E-state index in [0.29, 0.717) is 35.6 Å². The standard InChI is InChI=1S/C24H23N5O4/c30-18-11-20(33-19(18)13-32-12-16-7-3-1-4-8-16)29-15-27-21-22(25-14-26-23(21)29)28-24(31)17-9-5-2-6-10-17/h1-10,14-15,18-20,30H,11-13H2,(H,25,26,28,31)/t18-,19+,20+/m0/s1. The van der Waals surface area contributed by atoms with Gasteiger partial charge in [0, 0.05) is 12.0 Å². The van der Waals surface area contributed by atoms with E-state index in [-0.39, 0.29) is 12.5 Å². The molecule has 1 amide bonds. The number of benzene rings is 2. The van der Waals surface area contributed by atoms with Crippen LogP contribution in [0.1, 0.15) is 28.6 Å². The van der Waals surface area contributed by atoms with Crippen molar-refractivity contribution in [3.05, 3.63) is 84.4 Å². The van der Waals surface area contributed by atoms with Gasteiger partial charge in [0.25, 0.3) is 5.91 Å². The number of ether oxygens (including phenoxy) is 2. The minimum absolute atomic E-state index is 0.270. The molecule has 3 atom stereocenters. The summed E-state index contributed by atoms with van der Waals surface area (Å²) in [6, 6.07) is 18.7. The highest BCUT2D eigenvalue weighted by molar-refractivity contribution is 6.06. The van der Waals surface area contributed by atoms with Crippen molar-refractivity contribution >= 4 is 22.9 Å². The molecule has 0 spiro atoms. The summed E-state index contributed by atoms with van der Waals surface area (Å²) in [4.78, 5) is 25.4. The maximum atomic E-state index is 12.5. The Kier molecular flexibility index (Phi) is 6.07. The number of imidazole rings is 1. The van der Waals surface area contributed by atoms with Gasteiger partial charge in [-0.25, -0.2) is 15.0 Å². The molecule has 9 nitrogen and oxygen atoms in total. The van der Waals surface area contributed by atoms with Crippen LogP contribution in [0.15, 0.2) is 73.3 Å². The third-order valence-electron chi connectivity index (χ3n) is 5.53. The van der Waals surface area contributed by atoms with Crippen LogP contribution in [0.2, 0.25) is 0 Å². The summed E-state index contributed by atoms with van der Waals surface area (Å²) in [5, 5.41) is 13.3. The summed E-state index contributed by atoms with van der Waals surface area (Å²) in [6.45, 7) is 0.719. The van der Waals surface area contributed by atoms with Gasteiger partial charge >= 0.3 is 0 Å². The molecule has 0 aliphatic carbocycles. The molecule has 5 rings (SSSR count). The Hall–Kier alpha value is -3.66. The topological polar surface area (TPSA) is 111 Å². The average Bonchev–Trinajstić information content (AvgIpc) is 3.44. The maximum Gasteiger partial charge on any atom is 0.256 e. The van der Waals surface area contributed by atoms with Gasteiger partial charge < -0.3 is 19.9 Å². The molecule has 33 heavy (non-hydrogen) atoms. The van der Waals surface area contributed by atoms with Crippen LogP contribution in [-0.2, 0) is 16.1 Å². The summed E-state index contributed by atoms with van der Waals surface area (Å²) >= 11 is 0. The number of anilines is 1. The van der Waals surface area contributed by atoms with Crippen molar-refractivity contribution in [3.63, 3.8) is 0 Å². The molecule has 0 radical (unpaired) electrons. The molecule has 9 heteroatoms. The van der Waals surface area contributed by atoms with E-state index in [1.54, 1.807) is 35.2 Å². The highest BCUT2D eigenvalue weighted by atomic mass is 16.6. The summed E-state index contributed by atoms with van der Waals surface area (Å²) in [7, 11) is 0. The number of aliphatic hydroxyl groups is 1. The minimum atomic E-state index is -0.678. The maximum absolute atomic E-state index is 12.5. The van der Waals surface area contributed by atoms with Gasteiger partial charge in [0.15, 0.2) is 17.0 Å². The highest BCUT2D eigenvalue weighted by Crippen LogP contribution is 2.32. The Bertz CT molecular complexity index is 1230. The van der Waals surface area contributed by atoms with E-state index in [9.17, 15) is 9.90 Å². The zero-order chi connectivity index (χ0) is 22.6. The van der Waals surface area contributed by atoms with Crippen LogP contribution in [0, 0.1) is 0 Å². The number of nitrogens with zero attached hydrogens (tertiary/aromatic N) is 4. The molecule has 2 N–H and O–H groups in total. The summed E-state index contributed by atoms with van der Waals surface area (Å²) < 4.78 is 13.5. The summed E-state index contributed by atoms with van der Waals surface area (Å²) in [5.74, 6) is 0.0298. The number of amides is 1. The highest BCUT2D eigenvalue weighted by Gasteiger charge is 2.36. The van der Waals surface area contributed by atoms with Crippen molar-refractivity contribution in [2.45, 2.75) is 31.5 Å². The third-order valence-corrected chi connectivity index (χ3v) is 5.53. The number of fused-ring (bicyclic) bond motifs is 1. The Balaban J connectivity index is 1.27. The fourth-order valence-electron chi connectivity index (χ4n) is 3.83. The first-order chi connectivity index (χ1) is 16.2. The van der Waals surface area contributed by atoms with E-state index in [2.05, 4.69) is 20.3 Å². The molecule has 0 saturated carbocycles. The van der Waals surface area contributed by atoms with Crippen molar-refractivity contribution in [3.8, 4) is 0 Å². The monoisotopic (exact) mass is 445 g/mol. The van der Waals surface area contributed by atoms with Crippen LogP contribution in [-0.4, -0.2) is 49.3 Å². The van der Waals surface area contributed by atoms with Crippen molar-refractivity contribution in [1.82, 2.24) is 19.5 Å².